The van der Waals surface area contributed by atoms with Crippen molar-refractivity contribution in [3.8, 4) is 5.69 Å². The Kier molecular flexibility index (Phi) is 5.64. The molecule has 0 spiro atoms. The van der Waals surface area contributed by atoms with Crippen LogP contribution in [0.3, 0.4) is 0 Å². The summed E-state index contributed by atoms with van der Waals surface area (Å²) in [4.78, 5) is 41.9. The molecule has 11 heteroatoms. The van der Waals surface area contributed by atoms with E-state index in [1.807, 2.05) is 31.7 Å². The monoisotopic (exact) mass is 502 g/mol. The van der Waals surface area contributed by atoms with Gasteiger partial charge in [0.1, 0.15) is 11.0 Å². The fraction of sp³-hybridized carbons (Fsp3) is 0.435. The van der Waals surface area contributed by atoms with Gasteiger partial charge in [-0.2, -0.15) is 4.98 Å². The lowest BCUT2D eigenvalue weighted by Crippen LogP contribution is -2.34. The molecular formula is C23H24Cl2N6O3. The first kappa shape index (κ1) is 22.9. The van der Waals surface area contributed by atoms with E-state index in [2.05, 4.69) is 15.0 Å². The van der Waals surface area contributed by atoms with Crippen LogP contribution >= 0.6 is 23.2 Å². The van der Waals surface area contributed by atoms with Crippen molar-refractivity contribution in [2.24, 2.45) is 11.8 Å². The Hall–Kier alpha value is -2.91. The van der Waals surface area contributed by atoms with Gasteiger partial charge in [-0.05, 0) is 30.5 Å². The van der Waals surface area contributed by atoms with Gasteiger partial charge in [-0.3, -0.25) is 4.98 Å². The lowest BCUT2D eigenvalue weighted by Gasteiger charge is -2.24. The summed E-state index contributed by atoms with van der Waals surface area (Å²) < 4.78 is 1.47. The maximum atomic E-state index is 13.5. The number of aryl methyl sites for hydroxylation is 1. The summed E-state index contributed by atoms with van der Waals surface area (Å²) in [6.07, 6.45) is 0.828. The number of pyridine rings is 2. The average molecular weight is 503 g/mol. The van der Waals surface area contributed by atoms with Crippen LogP contribution in [-0.2, 0) is 0 Å². The zero-order valence-corrected chi connectivity index (χ0v) is 20.5. The molecule has 0 aromatic carbocycles. The number of anilines is 1. The Labute approximate surface area is 206 Å². The van der Waals surface area contributed by atoms with E-state index in [0.717, 1.165) is 11.3 Å². The van der Waals surface area contributed by atoms with Gasteiger partial charge in [-0.15, -0.1) is 0 Å². The highest BCUT2D eigenvalue weighted by atomic mass is 35.5. The number of fused-ring (bicyclic) bond motifs is 2. The number of carboxylic acid groups (broad SMARTS) is 1. The first-order chi connectivity index (χ1) is 16.2. The summed E-state index contributed by atoms with van der Waals surface area (Å²) in [5, 5.41) is 10.3. The van der Waals surface area contributed by atoms with Crippen molar-refractivity contribution in [1.82, 2.24) is 24.4 Å². The molecule has 0 saturated carbocycles. The molecule has 5 heterocycles. The molecule has 2 aliphatic heterocycles. The van der Waals surface area contributed by atoms with Gasteiger partial charge in [-0.25, -0.2) is 19.1 Å². The SMILES string of the molecule is Cc1ccnc(C(C)C)c1-n1c(=O)nc(N2CC3CN(C(=O)O)CC3C2)c2cc(Cl)c(Cl)nc21. The highest BCUT2D eigenvalue weighted by molar-refractivity contribution is 6.41. The van der Waals surface area contributed by atoms with E-state index in [-0.39, 0.29) is 27.9 Å². The van der Waals surface area contributed by atoms with Gasteiger partial charge in [0.2, 0.25) is 0 Å². The van der Waals surface area contributed by atoms with Crippen LogP contribution in [0.5, 0.6) is 0 Å². The summed E-state index contributed by atoms with van der Waals surface area (Å²) in [6.45, 7) is 8.10. The molecule has 1 amide bonds. The summed E-state index contributed by atoms with van der Waals surface area (Å²) in [7, 11) is 0. The first-order valence-electron chi connectivity index (χ1n) is 11.1. The van der Waals surface area contributed by atoms with Crippen molar-refractivity contribution >= 4 is 46.1 Å². The number of likely N-dealkylation sites (tertiary alicyclic amines) is 1. The maximum absolute atomic E-state index is 13.5. The van der Waals surface area contributed by atoms with Gasteiger partial charge >= 0.3 is 11.8 Å². The van der Waals surface area contributed by atoms with Crippen molar-refractivity contribution in [3.05, 3.63) is 50.2 Å². The van der Waals surface area contributed by atoms with Crippen molar-refractivity contribution in [2.45, 2.75) is 26.7 Å². The van der Waals surface area contributed by atoms with Crippen LogP contribution in [0.4, 0.5) is 10.6 Å². The molecule has 178 valence electrons. The van der Waals surface area contributed by atoms with E-state index in [1.54, 1.807) is 12.3 Å². The Morgan fingerprint density at radius 3 is 2.44 bits per heavy atom. The molecule has 34 heavy (non-hydrogen) atoms. The number of nitrogens with zero attached hydrogens (tertiary/aromatic N) is 6. The third kappa shape index (κ3) is 3.67. The number of hydrogen-bond donors (Lipinski definition) is 1. The van der Waals surface area contributed by atoms with Crippen molar-refractivity contribution in [2.75, 3.05) is 31.1 Å². The highest BCUT2D eigenvalue weighted by Gasteiger charge is 2.42. The largest absolute Gasteiger partial charge is 0.465 e. The minimum absolute atomic E-state index is 0.0643. The normalized spacial score (nSPS) is 19.9. The number of amides is 1. The van der Waals surface area contributed by atoms with Crippen LogP contribution in [-0.4, -0.2) is 61.8 Å². The van der Waals surface area contributed by atoms with Gasteiger partial charge in [0, 0.05) is 44.2 Å². The van der Waals surface area contributed by atoms with E-state index in [0.29, 0.717) is 48.7 Å². The molecule has 2 unspecified atom stereocenters. The molecule has 2 saturated heterocycles. The quantitative estimate of drug-likeness (QED) is 0.540. The zero-order chi connectivity index (χ0) is 24.3. The number of rotatable bonds is 3. The predicted octanol–water partition coefficient (Wildman–Crippen LogP) is 3.96. The van der Waals surface area contributed by atoms with Gasteiger partial charge in [0.25, 0.3) is 0 Å². The molecule has 1 N–H and O–H groups in total. The van der Waals surface area contributed by atoms with Crippen LogP contribution in [0.25, 0.3) is 16.7 Å². The first-order valence-corrected chi connectivity index (χ1v) is 11.9. The summed E-state index contributed by atoms with van der Waals surface area (Å²) in [5.74, 6) is 0.916. The van der Waals surface area contributed by atoms with Gasteiger partial charge in [0.05, 0.1) is 21.8 Å². The minimum atomic E-state index is -0.898. The van der Waals surface area contributed by atoms with Crippen LogP contribution in [0, 0.1) is 18.8 Å². The van der Waals surface area contributed by atoms with Crippen LogP contribution in [0.15, 0.2) is 23.1 Å². The Morgan fingerprint density at radius 2 is 1.82 bits per heavy atom. The molecule has 5 rings (SSSR count). The molecular weight excluding hydrogens is 479 g/mol. The molecule has 3 aromatic rings. The third-order valence-corrected chi connectivity index (χ3v) is 7.41. The average Bonchev–Trinajstić information content (AvgIpc) is 3.34. The summed E-state index contributed by atoms with van der Waals surface area (Å²) >= 11 is 12.7. The Balaban J connectivity index is 1.68. The zero-order valence-electron chi connectivity index (χ0n) is 19.0. The fourth-order valence-corrected chi connectivity index (χ4v) is 5.42. The van der Waals surface area contributed by atoms with Gasteiger partial charge in [-0.1, -0.05) is 37.0 Å². The molecule has 9 nitrogen and oxygen atoms in total. The van der Waals surface area contributed by atoms with E-state index >= 15 is 0 Å². The lowest BCUT2D eigenvalue weighted by molar-refractivity contribution is 0.153. The van der Waals surface area contributed by atoms with Crippen molar-refractivity contribution in [3.63, 3.8) is 0 Å². The second kappa shape index (κ2) is 8.39. The maximum Gasteiger partial charge on any atom is 0.407 e. The van der Waals surface area contributed by atoms with Crippen molar-refractivity contribution in [1.29, 1.82) is 0 Å². The number of hydrogen-bond acceptors (Lipinski definition) is 6. The highest BCUT2D eigenvalue weighted by Crippen LogP contribution is 2.37. The van der Waals surface area contributed by atoms with Crippen LogP contribution in [0.1, 0.15) is 31.0 Å². The molecule has 2 aliphatic rings. The van der Waals surface area contributed by atoms with Crippen molar-refractivity contribution < 1.29 is 9.90 Å². The Morgan fingerprint density at radius 1 is 1.15 bits per heavy atom. The Bertz CT molecular complexity index is 1360. The fourth-order valence-electron chi connectivity index (χ4n) is 5.13. The van der Waals surface area contributed by atoms with Gasteiger partial charge in [0.15, 0.2) is 5.65 Å². The number of aromatic nitrogens is 4. The van der Waals surface area contributed by atoms with Crippen LogP contribution < -0.4 is 10.6 Å². The molecule has 0 aliphatic carbocycles. The van der Waals surface area contributed by atoms with Crippen LogP contribution in [0.2, 0.25) is 10.2 Å². The predicted molar refractivity (Wildman–Crippen MR) is 131 cm³/mol. The number of carbonyl (C=O) groups is 1. The second-order valence-electron chi connectivity index (χ2n) is 9.31. The van der Waals surface area contributed by atoms with E-state index < -0.39 is 11.8 Å². The van der Waals surface area contributed by atoms with E-state index in [4.69, 9.17) is 23.2 Å². The van der Waals surface area contributed by atoms with Gasteiger partial charge < -0.3 is 14.9 Å². The van der Waals surface area contributed by atoms with E-state index in [9.17, 15) is 14.7 Å². The molecule has 0 bridgehead atoms. The third-order valence-electron chi connectivity index (χ3n) is 6.74. The van der Waals surface area contributed by atoms with E-state index in [1.165, 1.54) is 9.47 Å². The molecule has 2 fully saturated rings. The topological polar surface area (TPSA) is 104 Å². The molecule has 3 aromatic heterocycles. The molecule has 0 radical (unpaired) electrons. The second-order valence-corrected chi connectivity index (χ2v) is 10.1. The lowest BCUT2D eigenvalue weighted by atomic mass is 10.0. The summed E-state index contributed by atoms with van der Waals surface area (Å²) in [6, 6.07) is 3.55. The smallest absolute Gasteiger partial charge is 0.407 e. The summed E-state index contributed by atoms with van der Waals surface area (Å²) in [5.41, 5.74) is 2.17. The number of halogens is 2. The molecule has 2 atom stereocenters. The minimum Gasteiger partial charge on any atom is -0.465 e. The standard InChI is InChI=1S/C23H24Cl2N6O3/c1-11(2)17-18(12(3)4-5-26-17)31-21-15(6-16(24)19(25)27-21)20(28-22(31)32)29-7-13-9-30(23(33)34)10-14(13)8-29/h4-6,11,13-14H,7-10H2,1-3H3,(H,33,34).